The fourth-order valence-electron chi connectivity index (χ4n) is 1.19. The van der Waals surface area contributed by atoms with E-state index in [1.807, 2.05) is 30.3 Å². The first-order valence-electron chi connectivity index (χ1n) is 4.55. The Bertz CT molecular complexity index is 368. The molecule has 1 aromatic rings. The van der Waals surface area contributed by atoms with Gasteiger partial charge in [-0.25, -0.2) is 4.79 Å². The van der Waals surface area contributed by atoms with Crippen LogP contribution < -0.4 is 5.73 Å². The summed E-state index contributed by atoms with van der Waals surface area (Å²) < 4.78 is 4.82. The van der Waals surface area contributed by atoms with Gasteiger partial charge in [-0.05, 0) is 11.6 Å². The van der Waals surface area contributed by atoms with E-state index in [1.165, 1.54) is 0 Å². The molecule has 15 heavy (non-hydrogen) atoms. The van der Waals surface area contributed by atoms with E-state index in [-0.39, 0.29) is 0 Å². The summed E-state index contributed by atoms with van der Waals surface area (Å²) in [5.74, 6) is 0.490. The third-order valence-electron chi connectivity index (χ3n) is 1.76. The molecule has 3 heteroatoms. The number of hydrogen-bond acceptors (Lipinski definition) is 2. The van der Waals surface area contributed by atoms with Gasteiger partial charge in [-0.3, -0.25) is 0 Å². The van der Waals surface area contributed by atoms with Crippen LogP contribution in [0.15, 0.2) is 54.8 Å². The molecule has 1 amide bonds. The summed E-state index contributed by atoms with van der Waals surface area (Å²) in [7, 11) is 0. The molecular formula is C12H13NO2. The molecule has 1 aromatic carbocycles. The largest absolute Gasteiger partial charge is 0.415 e. The van der Waals surface area contributed by atoms with Gasteiger partial charge in [0, 0.05) is 6.42 Å². The van der Waals surface area contributed by atoms with E-state index in [4.69, 9.17) is 10.5 Å². The summed E-state index contributed by atoms with van der Waals surface area (Å²) in [4.78, 5) is 10.6. The van der Waals surface area contributed by atoms with Gasteiger partial charge >= 0.3 is 6.09 Å². The molecule has 3 nitrogen and oxygen atoms in total. The Hall–Kier alpha value is -2.03. The average Bonchev–Trinajstić information content (AvgIpc) is 2.18. The Morgan fingerprint density at radius 2 is 2.07 bits per heavy atom. The van der Waals surface area contributed by atoms with E-state index in [2.05, 4.69) is 6.58 Å². The smallest absolute Gasteiger partial charge is 0.409 e. The van der Waals surface area contributed by atoms with Crippen molar-refractivity contribution in [3.05, 3.63) is 60.4 Å². The molecule has 0 aliphatic rings. The molecule has 0 aliphatic carbocycles. The van der Waals surface area contributed by atoms with Gasteiger partial charge in [0.15, 0.2) is 0 Å². The highest BCUT2D eigenvalue weighted by atomic mass is 16.5. The van der Waals surface area contributed by atoms with E-state index >= 15 is 0 Å². The molecule has 0 saturated heterocycles. The van der Waals surface area contributed by atoms with Gasteiger partial charge in [0.2, 0.25) is 0 Å². The van der Waals surface area contributed by atoms with E-state index in [0.717, 1.165) is 5.56 Å². The van der Waals surface area contributed by atoms with Crippen LogP contribution in [0.1, 0.15) is 5.56 Å². The fraction of sp³-hybridized carbons (Fsp3) is 0.0833. The van der Waals surface area contributed by atoms with Crippen molar-refractivity contribution in [2.75, 3.05) is 0 Å². The van der Waals surface area contributed by atoms with Gasteiger partial charge in [-0.15, -0.1) is 0 Å². The number of benzene rings is 1. The zero-order valence-electron chi connectivity index (χ0n) is 8.35. The summed E-state index contributed by atoms with van der Waals surface area (Å²) in [5.41, 5.74) is 5.99. The summed E-state index contributed by atoms with van der Waals surface area (Å²) in [6.07, 6.45) is 2.90. The Labute approximate surface area is 88.9 Å². The second-order valence-corrected chi connectivity index (χ2v) is 2.95. The molecule has 0 saturated carbocycles. The summed E-state index contributed by atoms with van der Waals surface area (Å²) >= 11 is 0. The molecule has 0 atom stereocenters. The third-order valence-corrected chi connectivity index (χ3v) is 1.76. The van der Waals surface area contributed by atoms with Gasteiger partial charge in [-0.2, -0.15) is 0 Å². The van der Waals surface area contributed by atoms with Crippen molar-refractivity contribution < 1.29 is 9.53 Å². The molecule has 0 aliphatic heterocycles. The normalized spacial score (nSPS) is 10.8. The first-order valence-corrected chi connectivity index (χ1v) is 4.55. The van der Waals surface area contributed by atoms with Crippen LogP contribution in [0.4, 0.5) is 4.79 Å². The van der Waals surface area contributed by atoms with Gasteiger partial charge in [0.25, 0.3) is 0 Å². The number of carbonyl (C=O) groups is 1. The Kier molecular flexibility index (Phi) is 4.16. The average molecular weight is 203 g/mol. The summed E-state index contributed by atoms with van der Waals surface area (Å²) in [6.45, 7) is 3.54. The van der Waals surface area contributed by atoms with Crippen LogP contribution in [0.2, 0.25) is 0 Å². The van der Waals surface area contributed by atoms with Crippen LogP contribution in [-0.4, -0.2) is 6.09 Å². The predicted molar refractivity (Wildman–Crippen MR) is 59.1 cm³/mol. The highest BCUT2D eigenvalue weighted by Gasteiger charge is 2.03. The minimum absolute atomic E-state index is 0.490. The first-order chi connectivity index (χ1) is 7.22. The van der Waals surface area contributed by atoms with Crippen molar-refractivity contribution in [3.8, 4) is 0 Å². The van der Waals surface area contributed by atoms with Gasteiger partial charge in [-0.1, -0.05) is 43.0 Å². The van der Waals surface area contributed by atoms with E-state index in [0.29, 0.717) is 12.2 Å². The molecular weight excluding hydrogens is 190 g/mol. The second-order valence-electron chi connectivity index (χ2n) is 2.95. The van der Waals surface area contributed by atoms with Crippen molar-refractivity contribution in [2.45, 2.75) is 6.42 Å². The van der Waals surface area contributed by atoms with Crippen LogP contribution in [0.25, 0.3) is 0 Å². The van der Waals surface area contributed by atoms with Gasteiger partial charge in [0.1, 0.15) is 5.76 Å². The molecule has 0 spiro atoms. The maximum absolute atomic E-state index is 10.6. The number of hydrogen-bond donors (Lipinski definition) is 1. The van der Waals surface area contributed by atoms with Crippen molar-refractivity contribution in [1.82, 2.24) is 0 Å². The van der Waals surface area contributed by atoms with Gasteiger partial charge < -0.3 is 10.5 Å². The topological polar surface area (TPSA) is 52.3 Å². The zero-order chi connectivity index (χ0) is 11.1. The summed E-state index contributed by atoms with van der Waals surface area (Å²) in [6, 6.07) is 9.66. The first kappa shape index (κ1) is 11.0. The molecule has 0 fully saturated rings. The number of amides is 1. The Morgan fingerprint density at radius 1 is 1.40 bits per heavy atom. The van der Waals surface area contributed by atoms with E-state index in [9.17, 15) is 4.79 Å². The van der Waals surface area contributed by atoms with Crippen LogP contribution in [-0.2, 0) is 11.2 Å². The molecule has 1 rings (SSSR count). The standard InChI is InChI=1S/C12H13NO2/c1-2-6-11(15-12(13)14)9-10-7-4-3-5-8-10/h2-8H,1,9H2,(H2,13,14). The van der Waals surface area contributed by atoms with Gasteiger partial charge in [0.05, 0.1) is 0 Å². The van der Waals surface area contributed by atoms with Crippen LogP contribution in [0, 0.1) is 0 Å². The lowest BCUT2D eigenvalue weighted by Gasteiger charge is -2.05. The van der Waals surface area contributed by atoms with E-state index < -0.39 is 6.09 Å². The predicted octanol–water partition coefficient (Wildman–Crippen LogP) is 2.39. The molecule has 0 aromatic heterocycles. The minimum atomic E-state index is -0.806. The highest BCUT2D eigenvalue weighted by Crippen LogP contribution is 2.09. The Balaban J connectivity index is 2.71. The molecule has 0 bridgehead atoms. The van der Waals surface area contributed by atoms with Crippen molar-refractivity contribution >= 4 is 6.09 Å². The lowest BCUT2D eigenvalue weighted by atomic mass is 10.1. The number of primary amides is 1. The third kappa shape index (κ3) is 4.13. The molecule has 78 valence electrons. The maximum Gasteiger partial charge on any atom is 0.409 e. The van der Waals surface area contributed by atoms with Crippen LogP contribution in [0.5, 0.6) is 0 Å². The van der Waals surface area contributed by atoms with Crippen molar-refractivity contribution in [2.24, 2.45) is 5.73 Å². The fourth-order valence-corrected chi connectivity index (χ4v) is 1.19. The molecule has 2 N–H and O–H groups in total. The quantitative estimate of drug-likeness (QED) is 0.603. The van der Waals surface area contributed by atoms with Crippen LogP contribution >= 0.6 is 0 Å². The minimum Gasteiger partial charge on any atom is -0.415 e. The molecule has 0 heterocycles. The van der Waals surface area contributed by atoms with Crippen LogP contribution in [0.3, 0.4) is 0 Å². The molecule has 0 unspecified atom stereocenters. The van der Waals surface area contributed by atoms with E-state index in [1.54, 1.807) is 12.2 Å². The van der Waals surface area contributed by atoms with Crippen molar-refractivity contribution in [1.29, 1.82) is 0 Å². The zero-order valence-corrected chi connectivity index (χ0v) is 8.35. The van der Waals surface area contributed by atoms with Crippen molar-refractivity contribution in [3.63, 3.8) is 0 Å². The molecule has 0 radical (unpaired) electrons. The number of allylic oxidation sites excluding steroid dienone is 3. The highest BCUT2D eigenvalue weighted by molar-refractivity contribution is 5.66. The lowest BCUT2D eigenvalue weighted by molar-refractivity contribution is 0.185. The summed E-state index contributed by atoms with van der Waals surface area (Å²) in [5, 5.41) is 0. The Morgan fingerprint density at radius 3 is 2.60 bits per heavy atom. The second kappa shape index (κ2) is 5.65. The lowest BCUT2D eigenvalue weighted by Crippen LogP contribution is -2.13. The number of nitrogens with two attached hydrogens (primary N) is 1. The number of rotatable bonds is 4. The maximum atomic E-state index is 10.6. The number of carbonyl (C=O) groups excluding carboxylic acids is 1. The number of ether oxygens (including phenoxy) is 1. The SMILES string of the molecule is C=CC=C(Cc1ccccc1)OC(N)=O. The monoisotopic (exact) mass is 203 g/mol.